The van der Waals surface area contributed by atoms with Crippen LogP contribution in [0.4, 0.5) is 13.6 Å². The molecule has 1 rings (SSSR count). The van der Waals surface area contributed by atoms with Gasteiger partial charge in [-0.3, -0.25) is 10.1 Å². The van der Waals surface area contributed by atoms with Gasteiger partial charge in [-0.2, -0.15) is 0 Å². The maximum Gasteiger partial charge on any atom is 0.321 e. The van der Waals surface area contributed by atoms with Crippen LogP contribution in [0.5, 0.6) is 0 Å². The minimum Gasteiger partial charge on any atom is -0.338 e. The normalized spacial score (nSPS) is 11.8. The first-order chi connectivity index (χ1) is 10.4. The van der Waals surface area contributed by atoms with Crippen molar-refractivity contribution in [1.82, 2.24) is 10.6 Å². The molecule has 3 amide bonds. The zero-order chi connectivity index (χ0) is 16.5. The molecule has 0 radical (unpaired) electrons. The standard InChI is InChI=1S/C15H21F2N3O2/c1-3-4-7-18-15(22)20-14(21)9-19-10(2)12-6-5-11(16)8-13(12)17/h5-6,8,10,19H,3-4,7,9H2,1-2H3,(H2,18,20,21,22)/p+1/t10-/m1/s1. The summed E-state index contributed by atoms with van der Waals surface area (Å²) in [7, 11) is 0. The zero-order valence-corrected chi connectivity index (χ0v) is 12.8. The maximum absolute atomic E-state index is 13.6. The summed E-state index contributed by atoms with van der Waals surface area (Å²) in [6.45, 7) is 4.18. The van der Waals surface area contributed by atoms with E-state index in [1.54, 1.807) is 12.2 Å². The average molecular weight is 314 g/mol. The molecule has 122 valence electrons. The number of halogens is 2. The molecule has 1 atom stereocenters. The lowest BCUT2D eigenvalue weighted by Crippen LogP contribution is -2.87. The Morgan fingerprint density at radius 3 is 2.68 bits per heavy atom. The third-order valence-electron chi connectivity index (χ3n) is 3.18. The van der Waals surface area contributed by atoms with Crippen molar-refractivity contribution in [3.8, 4) is 0 Å². The molecular weight excluding hydrogens is 292 g/mol. The van der Waals surface area contributed by atoms with Gasteiger partial charge in [-0.1, -0.05) is 13.3 Å². The molecule has 4 N–H and O–H groups in total. The number of nitrogens with one attached hydrogen (secondary N) is 2. The van der Waals surface area contributed by atoms with Gasteiger partial charge in [0.1, 0.15) is 17.7 Å². The smallest absolute Gasteiger partial charge is 0.321 e. The van der Waals surface area contributed by atoms with Crippen LogP contribution in [0, 0.1) is 11.6 Å². The summed E-state index contributed by atoms with van der Waals surface area (Å²) in [6.07, 6.45) is 1.79. The molecule has 0 unspecified atom stereocenters. The van der Waals surface area contributed by atoms with Gasteiger partial charge in [0.2, 0.25) is 0 Å². The molecule has 0 aliphatic heterocycles. The van der Waals surface area contributed by atoms with Gasteiger partial charge in [-0.25, -0.2) is 13.6 Å². The van der Waals surface area contributed by atoms with Crippen LogP contribution < -0.4 is 16.0 Å². The van der Waals surface area contributed by atoms with Crippen LogP contribution in [-0.2, 0) is 4.79 Å². The lowest BCUT2D eigenvalue weighted by Gasteiger charge is -2.12. The molecular formula is C15H22F2N3O2+. The minimum absolute atomic E-state index is 0.0286. The van der Waals surface area contributed by atoms with Crippen LogP contribution in [0.25, 0.3) is 0 Å². The first-order valence-electron chi connectivity index (χ1n) is 7.30. The Morgan fingerprint density at radius 1 is 1.32 bits per heavy atom. The van der Waals surface area contributed by atoms with Gasteiger partial charge >= 0.3 is 6.03 Å². The van der Waals surface area contributed by atoms with Gasteiger partial charge in [0.25, 0.3) is 5.91 Å². The summed E-state index contributed by atoms with van der Waals surface area (Å²) in [4.78, 5) is 23.0. The van der Waals surface area contributed by atoms with Crippen molar-refractivity contribution in [3.05, 3.63) is 35.4 Å². The van der Waals surface area contributed by atoms with E-state index in [-0.39, 0.29) is 12.6 Å². The number of benzene rings is 1. The molecule has 0 fully saturated rings. The molecule has 0 aliphatic rings. The van der Waals surface area contributed by atoms with E-state index in [0.717, 1.165) is 18.9 Å². The number of carbonyl (C=O) groups excluding carboxylic acids is 2. The Balaban J connectivity index is 2.38. The molecule has 0 spiro atoms. The third kappa shape index (κ3) is 6.17. The number of carbonyl (C=O) groups is 2. The monoisotopic (exact) mass is 314 g/mol. The highest BCUT2D eigenvalue weighted by atomic mass is 19.1. The van der Waals surface area contributed by atoms with Crippen molar-refractivity contribution >= 4 is 11.9 Å². The lowest BCUT2D eigenvalue weighted by molar-refractivity contribution is -0.682. The van der Waals surface area contributed by atoms with E-state index in [1.807, 2.05) is 6.92 Å². The van der Waals surface area contributed by atoms with Crippen LogP contribution in [0.2, 0.25) is 0 Å². The van der Waals surface area contributed by atoms with E-state index in [0.29, 0.717) is 12.1 Å². The summed E-state index contributed by atoms with van der Waals surface area (Å²) in [5.74, 6) is -1.76. The lowest BCUT2D eigenvalue weighted by atomic mass is 10.1. The highest BCUT2D eigenvalue weighted by Gasteiger charge is 2.16. The molecule has 0 saturated carbocycles. The summed E-state index contributed by atoms with van der Waals surface area (Å²) >= 11 is 0. The van der Waals surface area contributed by atoms with E-state index in [2.05, 4.69) is 10.6 Å². The largest absolute Gasteiger partial charge is 0.338 e. The molecule has 7 heteroatoms. The molecule has 0 bridgehead atoms. The van der Waals surface area contributed by atoms with Gasteiger partial charge in [0, 0.05) is 18.2 Å². The van der Waals surface area contributed by atoms with Gasteiger partial charge in [0.05, 0.1) is 0 Å². The van der Waals surface area contributed by atoms with Crippen molar-refractivity contribution in [2.75, 3.05) is 13.1 Å². The SMILES string of the molecule is CCCCNC(=O)NC(=O)C[NH2+][C@H](C)c1ccc(F)cc1F. The summed E-state index contributed by atoms with van der Waals surface area (Å²) in [5, 5.41) is 6.33. The number of unbranched alkanes of at least 4 members (excludes halogenated alkanes) is 1. The number of hydrogen-bond donors (Lipinski definition) is 3. The maximum atomic E-state index is 13.6. The minimum atomic E-state index is -0.651. The molecule has 5 nitrogen and oxygen atoms in total. The second-order valence-electron chi connectivity index (χ2n) is 5.05. The van der Waals surface area contributed by atoms with E-state index >= 15 is 0 Å². The highest BCUT2D eigenvalue weighted by Crippen LogP contribution is 2.14. The van der Waals surface area contributed by atoms with Crippen molar-refractivity contribution in [2.45, 2.75) is 32.7 Å². The number of rotatable bonds is 7. The topological polar surface area (TPSA) is 74.8 Å². The van der Waals surface area contributed by atoms with Crippen LogP contribution in [0.15, 0.2) is 18.2 Å². The van der Waals surface area contributed by atoms with Gasteiger partial charge in [0.15, 0.2) is 6.54 Å². The van der Waals surface area contributed by atoms with Crippen LogP contribution in [0.1, 0.15) is 38.3 Å². The van der Waals surface area contributed by atoms with Crippen molar-refractivity contribution in [3.63, 3.8) is 0 Å². The first kappa shape index (κ1) is 18.0. The number of amides is 3. The Bertz CT molecular complexity index is 524. The first-order valence-corrected chi connectivity index (χ1v) is 7.30. The van der Waals surface area contributed by atoms with Crippen molar-refractivity contribution < 1.29 is 23.7 Å². The number of urea groups is 1. The molecule has 1 aromatic carbocycles. The molecule has 1 aromatic rings. The van der Waals surface area contributed by atoms with Gasteiger partial charge in [-0.05, 0) is 25.5 Å². The zero-order valence-electron chi connectivity index (χ0n) is 12.8. The molecule has 0 aromatic heterocycles. The predicted octanol–water partition coefficient (Wildman–Crippen LogP) is 1.22. The number of nitrogens with two attached hydrogens (primary N) is 1. The summed E-state index contributed by atoms with van der Waals surface area (Å²) < 4.78 is 26.4. The second-order valence-corrected chi connectivity index (χ2v) is 5.05. The number of quaternary nitrogens is 1. The Labute approximate surface area is 128 Å². The highest BCUT2D eigenvalue weighted by molar-refractivity contribution is 5.94. The second kappa shape index (κ2) is 9.09. The van der Waals surface area contributed by atoms with E-state index in [1.165, 1.54) is 12.1 Å². The number of hydrogen-bond acceptors (Lipinski definition) is 2. The quantitative estimate of drug-likeness (QED) is 0.662. The summed E-state index contributed by atoms with van der Waals surface area (Å²) in [5.41, 5.74) is 0.307. The Kier molecular flexibility index (Phi) is 7.45. The van der Waals surface area contributed by atoms with Crippen LogP contribution in [0.3, 0.4) is 0 Å². The van der Waals surface area contributed by atoms with Crippen molar-refractivity contribution in [2.24, 2.45) is 0 Å². The molecule has 22 heavy (non-hydrogen) atoms. The van der Waals surface area contributed by atoms with Gasteiger partial charge in [-0.15, -0.1) is 0 Å². The Morgan fingerprint density at radius 2 is 2.05 bits per heavy atom. The van der Waals surface area contributed by atoms with Gasteiger partial charge < -0.3 is 10.6 Å². The number of imide groups is 1. The predicted molar refractivity (Wildman–Crippen MR) is 78.0 cm³/mol. The van der Waals surface area contributed by atoms with Crippen LogP contribution in [-0.4, -0.2) is 25.0 Å². The van der Waals surface area contributed by atoms with E-state index < -0.39 is 23.6 Å². The fourth-order valence-electron chi connectivity index (χ4n) is 1.88. The fourth-order valence-corrected chi connectivity index (χ4v) is 1.88. The molecule has 0 heterocycles. The summed E-state index contributed by atoms with van der Waals surface area (Å²) in [6, 6.07) is 2.42. The molecule has 0 aliphatic carbocycles. The Hall–Kier alpha value is -2.02. The molecule has 0 saturated heterocycles. The fraction of sp³-hybridized carbons (Fsp3) is 0.467. The van der Waals surface area contributed by atoms with Crippen LogP contribution >= 0.6 is 0 Å². The van der Waals surface area contributed by atoms with Crippen molar-refractivity contribution in [1.29, 1.82) is 0 Å². The average Bonchev–Trinajstić information content (AvgIpc) is 2.45. The van der Waals surface area contributed by atoms with E-state index in [9.17, 15) is 18.4 Å². The third-order valence-corrected chi connectivity index (χ3v) is 3.18. The van der Waals surface area contributed by atoms with E-state index in [4.69, 9.17) is 0 Å².